The van der Waals surface area contributed by atoms with E-state index in [9.17, 15) is 4.79 Å². The van der Waals surface area contributed by atoms with Crippen molar-refractivity contribution in [2.24, 2.45) is 0 Å². The average Bonchev–Trinajstić information content (AvgIpc) is 2.62. The van der Waals surface area contributed by atoms with Crippen LogP contribution in [0.15, 0.2) is 48.5 Å². The predicted octanol–water partition coefficient (Wildman–Crippen LogP) is 3.62. The lowest BCUT2D eigenvalue weighted by Gasteiger charge is -2.23. The van der Waals surface area contributed by atoms with Crippen molar-refractivity contribution in [2.75, 3.05) is 46.4 Å². The molecule has 0 fully saturated rings. The van der Waals surface area contributed by atoms with Gasteiger partial charge >= 0.3 is 6.03 Å². The molecular weight excluding hydrogens is 320 g/mol. The van der Waals surface area contributed by atoms with Crippen LogP contribution in [0, 0.1) is 0 Å². The van der Waals surface area contributed by atoms with Gasteiger partial charge in [-0.2, -0.15) is 0 Å². The fraction of sp³-hybridized carbons (Fsp3) is 0.316. The Morgan fingerprint density at radius 3 is 2.32 bits per heavy atom. The van der Waals surface area contributed by atoms with E-state index in [0.717, 1.165) is 0 Å². The van der Waals surface area contributed by atoms with Gasteiger partial charge in [-0.25, -0.2) is 4.79 Å². The van der Waals surface area contributed by atoms with Crippen LogP contribution in [0.2, 0.25) is 0 Å². The Morgan fingerprint density at radius 2 is 1.68 bits per heavy atom. The first-order valence-corrected chi connectivity index (χ1v) is 7.96. The molecule has 2 amide bonds. The molecule has 2 aromatic rings. The minimum atomic E-state index is -0.125. The van der Waals surface area contributed by atoms with E-state index >= 15 is 0 Å². The molecule has 0 radical (unpaired) electrons. The summed E-state index contributed by atoms with van der Waals surface area (Å²) in [6, 6.07) is 14.7. The Kier molecular flexibility index (Phi) is 6.65. The summed E-state index contributed by atoms with van der Waals surface area (Å²) in [6.45, 7) is 0.845. The number of carbonyl (C=O) groups is 1. The van der Waals surface area contributed by atoms with Crippen LogP contribution in [0.4, 0.5) is 10.5 Å². The van der Waals surface area contributed by atoms with Gasteiger partial charge in [0.2, 0.25) is 0 Å². The quantitative estimate of drug-likeness (QED) is 0.720. The molecular formula is C19H24N2O4. The molecule has 134 valence electrons. The Balaban J connectivity index is 2.27. The minimum Gasteiger partial charge on any atom is -0.487 e. The van der Waals surface area contributed by atoms with Crippen LogP contribution in [0.5, 0.6) is 17.2 Å². The highest BCUT2D eigenvalue weighted by atomic mass is 16.5. The van der Waals surface area contributed by atoms with Gasteiger partial charge < -0.3 is 19.1 Å². The number of para-hydroxylation sites is 1. The summed E-state index contributed by atoms with van der Waals surface area (Å²) in [6.07, 6.45) is 0. The highest BCUT2D eigenvalue weighted by molar-refractivity contribution is 5.91. The Labute approximate surface area is 148 Å². The molecule has 0 N–H and O–H groups in total. The second-order valence-corrected chi connectivity index (χ2v) is 5.62. The van der Waals surface area contributed by atoms with E-state index in [0.29, 0.717) is 36.1 Å². The second-order valence-electron chi connectivity index (χ2n) is 5.62. The summed E-state index contributed by atoms with van der Waals surface area (Å²) in [4.78, 5) is 15.2. The number of benzene rings is 2. The smallest absolute Gasteiger partial charge is 0.323 e. The molecule has 6 nitrogen and oxygen atoms in total. The largest absolute Gasteiger partial charge is 0.487 e. The van der Waals surface area contributed by atoms with Gasteiger partial charge in [0.25, 0.3) is 0 Å². The van der Waals surface area contributed by atoms with E-state index in [1.807, 2.05) is 36.4 Å². The summed E-state index contributed by atoms with van der Waals surface area (Å²) in [5.74, 6) is 1.85. The molecule has 0 atom stereocenters. The third-order valence-corrected chi connectivity index (χ3v) is 3.50. The fourth-order valence-electron chi connectivity index (χ4n) is 2.16. The molecule has 25 heavy (non-hydrogen) atoms. The third kappa shape index (κ3) is 5.12. The Bertz CT molecular complexity index is 689. The first kappa shape index (κ1) is 18.6. The van der Waals surface area contributed by atoms with Gasteiger partial charge in [-0.05, 0) is 24.3 Å². The van der Waals surface area contributed by atoms with Gasteiger partial charge in [0.15, 0.2) is 11.5 Å². The van der Waals surface area contributed by atoms with Gasteiger partial charge in [0, 0.05) is 40.0 Å². The Morgan fingerprint density at radius 1 is 0.960 bits per heavy atom. The number of nitrogens with zero attached hydrogens (tertiary/aromatic N) is 2. The van der Waals surface area contributed by atoms with Crippen molar-refractivity contribution in [1.29, 1.82) is 0 Å². The summed E-state index contributed by atoms with van der Waals surface area (Å²) in [5, 5.41) is 0. The van der Waals surface area contributed by atoms with Crippen LogP contribution in [0.3, 0.4) is 0 Å². The van der Waals surface area contributed by atoms with Crippen molar-refractivity contribution < 1.29 is 19.0 Å². The van der Waals surface area contributed by atoms with Crippen molar-refractivity contribution in [1.82, 2.24) is 4.90 Å². The van der Waals surface area contributed by atoms with Gasteiger partial charge in [-0.15, -0.1) is 0 Å². The number of methoxy groups -OCH3 is 1. The van der Waals surface area contributed by atoms with Crippen molar-refractivity contribution >= 4 is 11.7 Å². The normalized spacial score (nSPS) is 10.2. The zero-order valence-electron chi connectivity index (χ0n) is 15.1. The molecule has 0 aliphatic rings. The molecule has 6 heteroatoms. The van der Waals surface area contributed by atoms with Crippen LogP contribution in [-0.4, -0.2) is 52.4 Å². The highest BCUT2D eigenvalue weighted by Gasteiger charge is 2.16. The van der Waals surface area contributed by atoms with E-state index < -0.39 is 0 Å². The lowest BCUT2D eigenvalue weighted by Crippen LogP contribution is -2.36. The summed E-state index contributed by atoms with van der Waals surface area (Å²) >= 11 is 0. The lowest BCUT2D eigenvalue weighted by atomic mass is 10.2. The zero-order chi connectivity index (χ0) is 18.2. The SMILES string of the molecule is COCCOc1cc(N(C)C(=O)N(C)C)ccc1Oc1ccccc1. The molecule has 0 unspecified atom stereocenters. The van der Waals surface area contributed by atoms with Crippen molar-refractivity contribution in [2.45, 2.75) is 0 Å². The zero-order valence-corrected chi connectivity index (χ0v) is 15.1. The van der Waals surface area contributed by atoms with E-state index in [4.69, 9.17) is 14.2 Å². The summed E-state index contributed by atoms with van der Waals surface area (Å²) in [7, 11) is 6.75. The molecule has 0 aliphatic carbocycles. The number of ether oxygens (including phenoxy) is 3. The third-order valence-electron chi connectivity index (χ3n) is 3.50. The van der Waals surface area contributed by atoms with Crippen LogP contribution in [0.25, 0.3) is 0 Å². The van der Waals surface area contributed by atoms with E-state index in [2.05, 4.69) is 0 Å². The monoisotopic (exact) mass is 344 g/mol. The molecule has 0 aliphatic heterocycles. The second kappa shape index (κ2) is 8.94. The lowest BCUT2D eigenvalue weighted by molar-refractivity contribution is 0.144. The van der Waals surface area contributed by atoms with Gasteiger partial charge in [0.05, 0.1) is 6.61 Å². The first-order chi connectivity index (χ1) is 12.0. The number of amides is 2. The van der Waals surface area contributed by atoms with E-state index in [1.165, 1.54) is 4.90 Å². The van der Waals surface area contributed by atoms with E-state index in [1.54, 1.807) is 45.3 Å². The average molecular weight is 344 g/mol. The van der Waals surface area contributed by atoms with Crippen molar-refractivity contribution in [3.8, 4) is 17.2 Å². The van der Waals surface area contributed by atoms with Crippen molar-refractivity contribution in [3.63, 3.8) is 0 Å². The van der Waals surface area contributed by atoms with Crippen molar-refractivity contribution in [3.05, 3.63) is 48.5 Å². The number of hydrogen-bond donors (Lipinski definition) is 0. The van der Waals surface area contributed by atoms with Crippen LogP contribution >= 0.6 is 0 Å². The van der Waals surface area contributed by atoms with Gasteiger partial charge in [0.1, 0.15) is 12.4 Å². The molecule has 0 bridgehead atoms. The number of rotatable bonds is 7. The van der Waals surface area contributed by atoms with Gasteiger partial charge in [-0.1, -0.05) is 18.2 Å². The fourth-order valence-corrected chi connectivity index (χ4v) is 2.16. The minimum absolute atomic E-state index is 0.125. The van der Waals surface area contributed by atoms with Crippen LogP contribution in [0.1, 0.15) is 0 Å². The Hall–Kier alpha value is -2.73. The first-order valence-electron chi connectivity index (χ1n) is 7.96. The molecule has 0 spiro atoms. The maximum absolute atomic E-state index is 12.2. The standard InChI is InChI=1S/C19H24N2O4/c1-20(2)19(22)21(3)15-10-11-17(18(14-15)24-13-12-23-4)25-16-8-6-5-7-9-16/h5-11,14H,12-13H2,1-4H3. The molecule has 2 aromatic carbocycles. The molecule has 0 aromatic heterocycles. The predicted molar refractivity (Wildman–Crippen MR) is 97.8 cm³/mol. The highest BCUT2D eigenvalue weighted by Crippen LogP contribution is 2.35. The molecule has 0 saturated heterocycles. The topological polar surface area (TPSA) is 51.2 Å². The van der Waals surface area contributed by atoms with Crippen LogP contribution < -0.4 is 14.4 Å². The van der Waals surface area contributed by atoms with Crippen LogP contribution in [-0.2, 0) is 4.74 Å². The molecule has 0 heterocycles. The molecule has 2 rings (SSSR count). The number of carbonyl (C=O) groups excluding carboxylic acids is 1. The van der Waals surface area contributed by atoms with Gasteiger partial charge in [-0.3, -0.25) is 4.90 Å². The number of hydrogen-bond acceptors (Lipinski definition) is 4. The molecule has 0 saturated carbocycles. The maximum atomic E-state index is 12.2. The number of urea groups is 1. The summed E-state index contributed by atoms with van der Waals surface area (Å²) in [5.41, 5.74) is 0.714. The van der Waals surface area contributed by atoms with E-state index in [-0.39, 0.29) is 6.03 Å². The summed E-state index contributed by atoms with van der Waals surface area (Å²) < 4.78 is 16.7. The maximum Gasteiger partial charge on any atom is 0.323 e. The number of anilines is 1.